The number of hydrogen-bond acceptors (Lipinski definition) is 2. The molecule has 0 aromatic carbocycles. The second-order valence-corrected chi connectivity index (χ2v) is 8.14. The minimum atomic E-state index is -1.55. The summed E-state index contributed by atoms with van der Waals surface area (Å²) in [7, 11) is -1.55. The van der Waals surface area contributed by atoms with Crippen molar-refractivity contribution in [2.75, 3.05) is 0 Å². The highest BCUT2D eigenvalue weighted by Crippen LogP contribution is 2.11. The van der Waals surface area contributed by atoms with Crippen LogP contribution in [0, 0.1) is 0 Å². The summed E-state index contributed by atoms with van der Waals surface area (Å²) in [6.45, 7) is 7.75. The fourth-order valence-electron chi connectivity index (χ4n) is 0.737. The number of carbonyl (C=O) groups is 1. The summed E-state index contributed by atoms with van der Waals surface area (Å²) in [5.74, 6) is -0.924. The number of carboxylic acid groups (broad SMARTS) is 1. The molecular weight excluding hydrogens is 158 g/mol. The molecule has 1 atom stereocenters. The van der Waals surface area contributed by atoms with Gasteiger partial charge in [0.25, 0.3) is 0 Å². The lowest BCUT2D eigenvalue weighted by Gasteiger charge is -2.19. The third-order valence-electron chi connectivity index (χ3n) is 1.62. The van der Waals surface area contributed by atoms with E-state index in [2.05, 4.69) is 6.58 Å². The standard InChI is InChI=1S/C7H15NO2Si/c1-4-11(2,3)5-6(8)7(9)10/h4,6H,1,5,8H2,2-3H3,(H,9,10). The van der Waals surface area contributed by atoms with Crippen molar-refractivity contribution in [2.45, 2.75) is 25.2 Å². The van der Waals surface area contributed by atoms with Gasteiger partial charge in [-0.1, -0.05) is 13.1 Å². The molecule has 0 bridgehead atoms. The Morgan fingerprint density at radius 1 is 1.82 bits per heavy atom. The molecule has 0 heterocycles. The number of rotatable bonds is 4. The third kappa shape index (κ3) is 3.95. The van der Waals surface area contributed by atoms with Crippen LogP contribution in [0.5, 0.6) is 0 Å². The predicted molar refractivity (Wildman–Crippen MR) is 48.1 cm³/mol. The fraction of sp³-hybridized carbons (Fsp3) is 0.571. The van der Waals surface area contributed by atoms with E-state index < -0.39 is 20.1 Å². The Balaban J connectivity index is 4.03. The summed E-state index contributed by atoms with van der Waals surface area (Å²) in [6, 6.07) is -0.166. The van der Waals surface area contributed by atoms with Crippen LogP contribution < -0.4 is 5.73 Å². The monoisotopic (exact) mass is 173 g/mol. The summed E-state index contributed by atoms with van der Waals surface area (Å²) in [5, 5.41) is 8.50. The molecule has 0 aliphatic rings. The topological polar surface area (TPSA) is 63.3 Å². The highest BCUT2D eigenvalue weighted by atomic mass is 28.3. The summed E-state index contributed by atoms with van der Waals surface area (Å²) in [4.78, 5) is 10.4. The van der Waals surface area contributed by atoms with E-state index in [0.29, 0.717) is 6.04 Å². The molecule has 11 heavy (non-hydrogen) atoms. The minimum Gasteiger partial charge on any atom is -0.480 e. The van der Waals surface area contributed by atoms with Gasteiger partial charge in [0, 0.05) is 0 Å². The lowest BCUT2D eigenvalue weighted by molar-refractivity contribution is -0.138. The Labute approximate surface area is 67.9 Å². The molecule has 0 amide bonds. The van der Waals surface area contributed by atoms with Crippen LogP contribution in [0.4, 0.5) is 0 Å². The van der Waals surface area contributed by atoms with Gasteiger partial charge in [-0.25, -0.2) is 0 Å². The van der Waals surface area contributed by atoms with E-state index in [9.17, 15) is 4.79 Å². The van der Waals surface area contributed by atoms with E-state index >= 15 is 0 Å². The average molecular weight is 173 g/mol. The lowest BCUT2D eigenvalue weighted by atomic mass is 10.4. The van der Waals surface area contributed by atoms with Crippen LogP contribution in [0.2, 0.25) is 19.1 Å². The van der Waals surface area contributed by atoms with Gasteiger partial charge in [-0.3, -0.25) is 4.79 Å². The molecule has 0 saturated carbocycles. The highest BCUT2D eigenvalue weighted by Gasteiger charge is 2.23. The van der Waals surface area contributed by atoms with Gasteiger partial charge in [-0.15, -0.1) is 12.3 Å². The second-order valence-electron chi connectivity index (χ2n) is 3.34. The molecular formula is C7H15NO2Si. The summed E-state index contributed by atoms with van der Waals surface area (Å²) in [6.07, 6.45) is 0. The van der Waals surface area contributed by atoms with Crippen molar-refractivity contribution in [3.8, 4) is 0 Å². The summed E-state index contributed by atoms with van der Waals surface area (Å²) < 4.78 is 0. The van der Waals surface area contributed by atoms with Gasteiger partial charge in [0.1, 0.15) is 6.04 Å². The van der Waals surface area contributed by atoms with Crippen molar-refractivity contribution in [1.82, 2.24) is 0 Å². The zero-order valence-corrected chi connectivity index (χ0v) is 8.00. The van der Waals surface area contributed by atoms with Crippen molar-refractivity contribution in [3.05, 3.63) is 12.3 Å². The SMILES string of the molecule is C=C[Si](C)(C)CC(N)C(=O)O. The molecule has 0 radical (unpaired) electrons. The Bertz CT molecular complexity index is 168. The van der Waals surface area contributed by atoms with Gasteiger partial charge in [0.05, 0.1) is 8.07 Å². The first-order valence-electron chi connectivity index (χ1n) is 3.51. The highest BCUT2D eigenvalue weighted by molar-refractivity contribution is 6.82. The number of carboxylic acids is 1. The van der Waals surface area contributed by atoms with E-state index in [1.165, 1.54) is 0 Å². The molecule has 64 valence electrons. The van der Waals surface area contributed by atoms with Crippen molar-refractivity contribution in [2.24, 2.45) is 5.73 Å². The molecule has 1 unspecified atom stereocenters. The maximum Gasteiger partial charge on any atom is 0.320 e. The first-order chi connectivity index (χ1) is 4.89. The van der Waals surface area contributed by atoms with Gasteiger partial charge in [0.2, 0.25) is 0 Å². The zero-order chi connectivity index (χ0) is 9.07. The Kier molecular flexibility index (Phi) is 3.48. The normalized spacial score (nSPS) is 14.1. The Hall–Kier alpha value is -0.613. The zero-order valence-electron chi connectivity index (χ0n) is 7.00. The van der Waals surface area contributed by atoms with E-state index in [4.69, 9.17) is 10.8 Å². The van der Waals surface area contributed by atoms with Gasteiger partial charge < -0.3 is 10.8 Å². The van der Waals surface area contributed by atoms with Crippen molar-refractivity contribution in [3.63, 3.8) is 0 Å². The molecule has 4 heteroatoms. The van der Waals surface area contributed by atoms with Gasteiger partial charge >= 0.3 is 5.97 Å². The van der Waals surface area contributed by atoms with E-state index in [-0.39, 0.29) is 0 Å². The largest absolute Gasteiger partial charge is 0.480 e. The maximum atomic E-state index is 10.4. The predicted octanol–water partition coefficient (Wildman–Crippen LogP) is 0.832. The summed E-state index contributed by atoms with van der Waals surface area (Å²) in [5.41, 5.74) is 7.22. The molecule has 3 N–H and O–H groups in total. The Morgan fingerprint density at radius 2 is 2.27 bits per heavy atom. The number of nitrogens with two attached hydrogens (primary N) is 1. The first kappa shape index (κ1) is 10.4. The molecule has 0 aliphatic heterocycles. The van der Waals surface area contributed by atoms with Gasteiger partial charge in [-0.05, 0) is 6.04 Å². The van der Waals surface area contributed by atoms with Crippen LogP contribution in [0.1, 0.15) is 0 Å². The minimum absolute atomic E-state index is 0.561. The molecule has 0 aliphatic carbocycles. The van der Waals surface area contributed by atoms with Crippen LogP contribution in [-0.4, -0.2) is 25.2 Å². The van der Waals surface area contributed by atoms with Crippen molar-refractivity contribution < 1.29 is 9.90 Å². The maximum absolute atomic E-state index is 10.4. The van der Waals surface area contributed by atoms with Crippen LogP contribution >= 0.6 is 0 Å². The number of hydrogen-bond donors (Lipinski definition) is 2. The van der Waals surface area contributed by atoms with E-state index in [1.807, 2.05) is 18.8 Å². The second kappa shape index (κ2) is 3.68. The Morgan fingerprint density at radius 3 is 2.55 bits per heavy atom. The molecule has 0 spiro atoms. The van der Waals surface area contributed by atoms with Crippen LogP contribution in [-0.2, 0) is 4.79 Å². The molecule has 0 aromatic rings. The van der Waals surface area contributed by atoms with Crippen LogP contribution in [0.3, 0.4) is 0 Å². The van der Waals surface area contributed by atoms with Crippen LogP contribution in [0.25, 0.3) is 0 Å². The fourth-order valence-corrected chi connectivity index (χ4v) is 2.21. The van der Waals surface area contributed by atoms with Gasteiger partial charge in [-0.2, -0.15) is 0 Å². The first-order valence-corrected chi connectivity index (χ1v) is 6.79. The third-order valence-corrected chi connectivity index (χ3v) is 4.21. The smallest absolute Gasteiger partial charge is 0.320 e. The van der Waals surface area contributed by atoms with E-state index in [0.717, 1.165) is 0 Å². The average Bonchev–Trinajstić information content (AvgIpc) is 1.87. The summed E-state index contributed by atoms with van der Waals surface area (Å²) >= 11 is 0. The molecule has 0 saturated heterocycles. The number of aliphatic carboxylic acids is 1. The van der Waals surface area contributed by atoms with Crippen molar-refractivity contribution in [1.29, 1.82) is 0 Å². The molecule has 3 nitrogen and oxygen atoms in total. The van der Waals surface area contributed by atoms with Crippen LogP contribution in [0.15, 0.2) is 12.3 Å². The molecule has 0 fully saturated rings. The van der Waals surface area contributed by atoms with Crippen molar-refractivity contribution >= 4 is 14.0 Å². The van der Waals surface area contributed by atoms with E-state index in [1.54, 1.807) is 0 Å². The molecule has 0 aromatic heterocycles. The molecule has 0 rings (SSSR count). The van der Waals surface area contributed by atoms with Gasteiger partial charge in [0.15, 0.2) is 0 Å². The quantitative estimate of drug-likeness (QED) is 0.619. The lowest BCUT2D eigenvalue weighted by Crippen LogP contribution is -2.38.